The van der Waals surface area contributed by atoms with Crippen molar-refractivity contribution in [2.75, 3.05) is 12.4 Å². The van der Waals surface area contributed by atoms with Gasteiger partial charge in [-0.25, -0.2) is 0 Å². The summed E-state index contributed by atoms with van der Waals surface area (Å²) in [6, 6.07) is 0. The zero-order valence-electron chi connectivity index (χ0n) is 5.39. The number of aliphatic hydroxyl groups is 1. The smallest absolute Gasteiger partial charge is 0.790 e. The SMILES string of the molecule is O=S(=O)(O)O.OCC[S-].[Na+]. The van der Waals surface area contributed by atoms with E-state index < -0.39 is 10.4 Å². The van der Waals surface area contributed by atoms with Crippen molar-refractivity contribution in [3.8, 4) is 0 Å². The normalized spacial score (nSPS) is 8.80. The Labute approximate surface area is 87.1 Å². The largest absolute Gasteiger partial charge is 1.00 e. The molecule has 0 aromatic carbocycles. The van der Waals surface area contributed by atoms with E-state index in [2.05, 4.69) is 12.6 Å². The van der Waals surface area contributed by atoms with Crippen LogP contribution in [0.1, 0.15) is 0 Å². The van der Waals surface area contributed by atoms with E-state index in [9.17, 15) is 0 Å². The van der Waals surface area contributed by atoms with E-state index in [4.69, 9.17) is 22.6 Å². The molecule has 0 rings (SSSR count). The van der Waals surface area contributed by atoms with Gasteiger partial charge in [0.2, 0.25) is 0 Å². The van der Waals surface area contributed by atoms with E-state index in [-0.39, 0.29) is 36.2 Å². The van der Waals surface area contributed by atoms with Crippen LogP contribution in [0.25, 0.3) is 0 Å². The maximum Gasteiger partial charge on any atom is 1.00 e. The van der Waals surface area contributed by atoms with Gasteiger partial charge in [0, 0.05) is 6.61 Å². The van der Waals surface area contributed by atoms with E-state index in [1.807, 2.05) is 0 Å². The summed E-state index contributed by atoms with van der Waals surface area (Å²) >= 11 is 4.30. The van der Waals surface area contributed by atoms with Crippen LogP contribution in [0.5, 0.6) is 0 Å². The van der Waals surface area contributed by atoms with E-state index in [1.54, 1.807) is 0 Å². The first-order valence-corrected chi connectivity index (χ1v) is 3.78. The van der Waals surface area contributed by atoms with Crippen LogP contribution in [0.4, 0.5) is 0 Å². The molecule has 0 bridgehead atoms. The molecule has 0 aromatic heterocycles. The molecule has 0 heterocycles. The molecule has 0 aromatic rings. The number of aliphatic hydroxyl groups excluding tert-OH is 1. The second-order valence-electron chi connectivity index (χ2n) is 0.876. The van der Waals surface area contributed by atoms with Gasteiger partial charge in [-0.3, -0.25) is 9.11 Å². The van der Waals surface area contributed by atoms with Gasteiger partial charge in [0.05, 0.1) is 0 Å². The second-order valence-corrected chi connectivity index (χ2v) is 2.18. The van der Waals surface area contributed by atoms with Crippen LogP contribution in [0.15, 0.2) is 0 Å². The van der Waals surface area contributed by atoms with Gasteiger partial charge in [-0.2, -0.15) is 14.2 Å². The van der Waals surface area contributed by atoms with E-state index >= 15 is 0 Å². The summed E-state index contributed by atoms with van der Waals surface area (Å²) in [5, 5.41) is 7.77. The zero-order chi connectivity index (χ0) is 7.91. The standard InChI is InChI=1S/C2H6OS.Na.H2O4S/c3-1-2-4;;1-5(2,3)4/h3-4H,1-2H2;;(H2,1,2,3,4)/q;+1;/p-1. The summed E-state index contributed by atoms with van der Waals surface area (Å²) in [5.41, 5.74) is 0. The Morgan fingerprint density at radius 2 is 1.40 bits per heavy atom. The van der Waals surface area contributed by atoms with Crippen molar-refractivity contribution >= 4 is 23.0 Å². The Bertz CT molecular complexity index is 121. The second kappa shape index (κ2) is 10.2. The predicted octanol–water partition coefficient (Wildman–Crippen LogP) is -4.12. The Hall–Kier alpha value is 1.18. The third-order valence-corrected chi connectivity index (χ3v) is 0.274. The molecule has 58 valence electrons. The fourth-order valence-corrected chi connectivity index (χ4v) is 0. The molecule has 0 aliphatic carbocycles. The fraction of sp³-hybridized carbons (Fsp3) is 1.00. The first-order valence-electron chi connectivity index (χ1n) is 1.80. The van der Waals surface area contributed by atoms with Gasteiger partial charge in [-0.05, 0) is 0 Å². The number of hydrogen-bond acceptors (Lipinski definition) is 4. The number of rotatable bonds is 1. The average molecular weight is 198 g/mol. The molecule has 0 aliphatic rings. The van der Waals surface area contributed by atoms with Crippen LogP contribution < -0.4 is 29.6 Å². The van der Waals surface area contributed by atoms with Crippen LogP contribution in [0.2, 0.25) is 0 Å². The van der Waals surface area contributed by atoms with Crippen LogP contribution in [-0.4, -0.2) is 35.0 Å². The van der Waals surface area contributed by atoms with Crippen molar-refractivity contribution in [3.05, 3.63) is 0 Å². The Balaban J connectivity index is -0.0000000910. The maximum atomic E-state index is 8.74. The third-order valence-electron chi connectivity index (χ3n) is 0.0913. The molecule has 0 radical (unpaired) electrons. The van der Waals surface area contributed by atoms with Crippen molar-refractivity contribution in [1.82, 2.24) is 0 Å². The van der Waals surface area contributed by atoms with Crippen molar-refractivity contribution < 1.29 is 52.2 Å². The predicted molar refractivity (Wildman–Crippen MR) is 33.5 cm³/mol. The van der Waals surface area contributed by atoms with Crippen LogP contribution >= 0.6 is 0 Å². The van der Waals surface area contributed by atoms with Gasteiger partial charge in [0.25, 0.3) is 0 Å². The van der Waals surface area contributed by atoms with Gasteiger partial charge in [0.1, 0.15) is 0 Å². The fourth-order valence-electron chi connectivity index (χ4n) is 0. The summed E-state index contributed by atoms with van der Waals surface area (Å²) in [7, 11) is -4.67. The minimum atomic E-state index is -4.67. The van der Waals surface area contributed by atoms with Gasteiger partial charge < -0.3 is 17.7 Å². The van der Waals surface area contributed by atoms with Crippen LogP contribution in [0.3, 0.4) is 0 Å². The quantitative estimate of drug-likeness (QED) is 0.225. The Morgan fingerprint density at radius 1 is 1.30 bits per heavy atom. The molecule has 3 N–H and O–H groups in total. The van der Waals surface area contributed by atoms with Crippen LogP contribution in [-0.2, 0) is 23.0 Å². The molecule has 0 amide bonds. The van der Waals surface area contributed by atoms with Crippen molar-refractivity contribution in [1.29, 1.82) is 0 Å². The summed E-state index contributed by atoms with van der Waals surface area (Å²) < 4.78 is 31.6. The van der Waals surface area contributed by atoms with E-state index in [0.29, 0.717) is 5.75 Å². The van der Waals surface area contributed by atoms with E-state index in [1.165, 1.54) is 0 Å². The Kier molecular flexibility index (Phi) is 17.6. The molecule has 5 nitrogen and oxygen atoms in total. The van der Waals surface area contributed by atoms with Crippen molar-refractivity contribution in [3.63, 3.8) is 0 Å². The monoisotopic (exact) mass is 198 g/mol. The molecule has 8 heteroatoms. The van der Waals surface area contributed by atoms with Crippen molar-refractivity contribution in [2.45, 2.75) is 0 Å². The molecule has 0 unspecified atom stereocenters. The topological polar surface area (TPSA) is 94.8 Å². The number of hydrogen-bond donors (Lipinski definition) is 3. The summed E-state index contributed by atoms with van der Waals surface area (Å²) in [6.45, 7) is 0.134. The molecule has 0 saturated carbocycles. The molecule has 0 atom stereocenters. The first-order chi connectivity index (χ1) is 3.91. The third kappa shape index (κ3) is 129. The molecule has 0 spiro atoms. The summed E-state index contributed by atoms with van der Waals surface area (Å²) in [5.74, 6) is 0.458. The van der Waals surface area contributed by atoms with Gasteiger partial charge in [0.15, 0.2) is 0 Å². The molecular formula is C2H7NaO5S2. The average Bonchev–Trinajstić information content (AvgIpc) is 1.61. The summed E-state index contributed by atoms with van der Waals surface area (Å²) in [4.78, 5) is 0. The molecule has 0 saturated heterocycles. The van der Waals surface area contributed by atoms with Gasteiger partial charge in [-0.15, -0.1) is 0 Å². The summed E-state index contributed by atoms with van der Waals surface area (Å²) in [6.07, 6.45) is 0. The molecule has 0 fully saturated rings. The zero-order valence-corrected chi connectivity index (χ0v) is 9.02. The minimum absolute atomic E-state index is 0. The minimum Gasteiger partial charge on any atom is -0.790 e. The Morgan fingerprint density at radius 3 is 1.40 bits per heavy atom. The first kappa shape index (κ1) is 17.3. The molecule has 0 aliphatic heterocycles. The van der Waals surface area contributed by atoms with E-state index in [0.717, 1.165) is 0 Å². The van der Waals surface area contributed by atoms with Gasteiger partial charge in [-0.1, -0.05) is 0 Å². The van der Waals surface area contributed by atoms with Gasteiger partial charge >= 0.3 is 40.0 Å². The molecule has 10 heavy (non-hydrogen) atoms. The van der Waals surface area contributed by atoms with Crippen molar-refractivity contribution in [2.24, 2.45) is 0 Å². The maximum absolute atomic E-state index is 8.74. The van der Waals surface area contributed by atoms with Crippen LogP contribution in [0, 0.1) is 0 Å². The molecular weight excluding hydrogens is 191 g/mol.